The van der Waals surface area contributed by atoms with Crippen molar-refractivity contribution in [3.63, 3.8) is 0 Å². The number of fused-ring (bicyclic) bond motifs is 5. The van der Waals surface area contributed by atoms with Gasteiger partial charge in [0.15, 0.2) is 0 Å². The maximum absolute atomic E-state index is 9.97. The van der Waals surface area contributed by atoms with Crippen LogP contribution < -0.4 is 9.47 Å². The van der Waals surface area contributed by atoms with Gasteiger partial charge < -0.3 is 9.47 Å². The molecule has 0 saturated carbocycles. The number of nitrogens with zero attached hydrogens (tertiary/aromatic N) is 3. The van der Waals surface area contributed by atoms with Crippen LogP contribution in [0.25, 0.3) is 49.7 Å². The minimum Gasteiger partial charge on any atom is -0.497 e. The Labute approximate surface area is 296 Å². The van der Waals surface area contributed by atoms with E-state index in [0.717, 1.165) is 83.5 Å². The second-order valence-electron chi connectivity index (χ2n) is 12.0. The molecule has 2 aromatic heterocycles. The minimum absolute atomic E-state index is 0.587. The number of rotatable bonds is 4. The highest BCUT2D eigenvalue weighted by Gasteiger charge is 2.22. The fourth-order valence-electron chi connectivity index (χ4n) is 6.36. The molecule has 0 atom stereocenters. The lowest BCUT2D eigenvalue weighted by Crippen LogP contribution is -1.94. The fourth-order valence-corrected chi connectivity index (χ4v) is 6.36. The van der Waals surface area contributed by atoms with Crippen molar-refractivity contribution >= 4 is 27.5 Å². The van der Waals surface area contributed by atoms with E-state index in [2.05, 4.69) is 76.7 Å². The molecule has 0 aliphatic rings. The van der Waals surface area contributed by atoms with Gasteiger partial charge in [0.05, 0.1) is 36.9 Å². The standard InChI is InChI=1S/C46H29N3O2/c1-50-38-23-14-33(15-24-38)8-6-31-10-19-36(20-11-31)43-41-29-35(30-47)18-27-40(41)45-46(49-28-4-3-5-42(49)48-45)44(43)37-21-12-32(13-22-37)7-9-34-16-25-39(51-2)26-17-34/h3-5,10-29H,1-2H3. The summed E-state index contributed by atoms with van der Waals surface area (Å²) in [5, 5.41) is 11.9. The van der Waals surface area contributed by atoms with Crippen LogP contribution in [0, 0.1) is 35.0 Å². The average Bonchev–Trinajstić information content (AvgIpc) is 3.59. The summed E-state index contributed by atoms with van der Waals surface area (Å²) in [4.78, 5) is 5.11. The van der Waals surface area contributed by atoms with Gasteiger partial charge in [-0.25, -0.2) is 4.98 Å². The molecular formula is C46H29N3O2. The number of hydrogen-bond donors (Lipinski definition) is 0. The molecule has 8 aromatic rings. The van der Waals surface area contributed by atoms with Gasteiger partial charge in [0.25, 0.3) is 0 Å². The third kappa shape index (κ3) is 6.00. The van der Waals surface area contributed by atoms with Crippen LogP contribution in [0.1, 0.15) is 27.8 Å². The number of methoxy groups -OCH3 is 2. The molecule has 0 aliphatic heterocycles. The molecule has 0 spiro atoms. The predicted molar refractivity (Wildman–Crippen MR) is 204 cm³/mol. The lowest BCUT2D eigenvalue weighted by molar-refractivity contribution is 0.414. The average molecular weight is 656 g/mol. The highest BCUT2D eigenvalue weighted by atomic mass is 16.5. The molecule has 0 radical (unpaired) electrons. The smallest absolute Gasteiger partial charge is 0.137 e. The largest absolute Gasteiger partial charge is 0.497 e. The fraction of sp³-hybridized carbons (Fsp3) is 0.0435. The number of imidazole rings is 1. The van der Waals surface area contributed by atoms with E-state index in [1.165, 1.54) is 0 Å². The van der Waals surface area contributed by atoms with E-state index in [1.54, 1.807) is 14.2 Å². The van der Waals surface area contributed by atoms with Crippen LogP contribution >= 0.6 is 0 Å². The zero-order valence-electron chi connectivity index (χ0n) is 27.9. The summed E-state index contributed by atoms with van der Waals surface area (Å²) in [6.07, 6.45) is 2.06. The van der Waals surface area contributed by atoms with Gasteiger partial charge in [-0.1, -0.05) is 60.1 Å². The van der Waals surface area contributed by atoms with Gasteiger partial charge in [-0.3, -0.25) is 4.40 Å². The van der Waals surface area contributed by atoms with Crippen LogP contribution in [0.2, 0.25) is 0 Å². The van der Waals surface area contributed by atoms with E-state index in [1.807, 2.05) is 97.1 Å². The highest BCUT2D eigenvalue weighted by molar-refractivity contribution is 6.20. The van der Waals surface area contributed by atoms with Gasteiger partial charge in [0, 0.05) is 39.4 Å². The quantitative estimate of drug-likeness (QED) is 0.177. The summed E-state index contributed by atoms with van der Waals surface area (Å²) in [6, 6.07) is 46.4. The summed E-state index contributed by atoms with van der Waals surface area (Å²) >= 11 is 0. The van der Waals surface area contributed by atoms with Crippen LogP contribution in [0.4, 0.5) is 0 Å². The Morgan fingerprint density at radius 1 is 0.529 bits per heavy atom. The third-order valence-electron chi connectivity index (χ3n) is 8.92. The number of pyridine rings is 1. The normalized spacial score (nSPS) is 10.6. The lowest BCUT2D eigenvalue weighted by Gasteiger charge is -2.17. The van der Waals surface area contributed by atoms with Crippen molar-refractivity contribution in [2.24, 2.45) is 0 Å². The number of ether oxygens (including phenoxy) is 2. The lowest BCUT2D eigenvalue weighted by atomic mass is 9.87. The molecule has 0 bridgehead atoms. The molecule has 0 fully saturated rings. The Morgan fingerprint density at radius 3 is 1.53 bits per heavy atom. The van der Waals surface area contributed by atoms with Gasteiger partial charge in [0.1, 0.15) is 17.1 Å². The first-order valence-electron chi connectivity index (χ1n) is 16.4. The van der Waals surface area contributed by atoms with Crippen molar-refractivity contribution < 1.29 is 9.47 Å². The molecule has 240 valence electrons. The molecule has 0 aliphatic carbocycles. The number of benzene rings is 6. The van der Waals surface area contributed by atoms with Gasteiger partial charge in [-0.15, -0.1) is 0 Å². The molecule has 6 aromatic carbocycles. The first-order chi connectivity index (χ1) is 25.1. The molecule has 5 heteroatoms. The van der Waals surface area contributed by atoms with Crippen LogP contribution in [0.3, 0.4) is 0 Å². The maximum atomic E-state index is 9.97. The van der Waals surface area contributed by atoms with Crippen molar-refractivity contribution in [3.05, 3.63) is 167 Å². The van der Waals surface area contributed by atoms with E-state index < -0.39 is 0 Å². The summed E-state index contributed by atoms with van der Waals surface area (Å²) in [5.74, 6) is 14.7. The zero-order valence-corrected chi connectivity index (χ0v) is 27.9. The van der Waals surface area contributed by atoms with Crippen molar-refractivity contribution in [3.8, 4) is 63.5 Å². The van der Waals surface area contributed by atoms with E-state index in [9.17, 15) is 5.26 Å². The summed E-state index contributed by atoms with van der Waals surface area (Å²) in [6.45, 7) is 0. The van der Waals surface area contributed by atoms with E-state index in [-0.39, 0.29) is 0 Å². The van der Waals surface area contributed by atoms with Crippen molar-refractivity contribution in [1.29, 1.82) is 5.26 Å². The molecular weight excluding hydrogens is 627 g/mol. The Morgan fingerprint density at radius 2 is 1.02 bits per heavy atom. The Hall–Kier alpha value is -7.26. The molecule has 5 nitrogen and oxygen atoms in total. The molecule has 0 N–H and O–H groups in total. The monoisotopic (exact) mass is 655 g/mol. The van der Waals surface area contributed by atoms with Crippen LogP contribution in [-0.2, 0) is 0 Å². The molecule has 8 rings (SSSR count). The SMILES string of the molecule is COc1ccc(C#Cc2ccc(-c3c(-c4ccc(C#Cc5ccc(OC)cc5)cc4)c4c(nc5ccccn54)c4ccc(C#N)cc34)cc2)cc1. The van der Waals surface area contributed by atoms with Crippen molar-refractivity contribution in [2.75, 3.05) is 14.2 Å². The Balaban J connectivity index is 1.30. The second kappa shape index (κ2) is 13.3. The van der Waals surface area contributed by atoms with Crippen molar-refractivity contribution in [1.82, 2.24) is 9.38 Å². The number of aromatic nitrogens is 2. The molecule has 51 heavy (non-hydrogen) atoms. The van der Waals surface area contributed by atoms with E-state index in [4.69, 9.17) is 14.5 Å². The zero-order chi connectivity index (χ0) is 34.7. The third-order valence-corrected chi connectivity index (χ3v) is 8.92. The van der Waals surface area contributed by atoms with Crippen LogP contribution in [0.5, 0.6) is 11.5 Å². The Kier molecular flexibility index (Phi) is 8.11. The van der Waals surface area contributed by atoms with Crippen LogP contribution in [0.15, 0.2) is 140 Å². The number of hydrogen-bond acceptors (Lipinski definition) is 4. The summed E-state index contributed by atoms with van der Waals surface area (Å²) in [5.41, 5.74) is 11.0. The van der Waals surface area contributed by atoms with Gasteiger partial charge >= 0.3 is 0 Å². The number of nitriles is 1. The van der Waals surface area contributed by atoms with Crippen LogP contribution in [-0.4, -0.2) is 23.6 Å². The first-order valence-corrected chi connectivity index (χ1v) is 16.4. The summed E-state index contributed by atoms with van der Waals surface area (Å²) < 4.78 is 12.7. The van der Waals surface area contributed by atoms with Gasteiger partial charge in [0.2, 0.25) is 0 Å². The van der Waals surface area contributed by atoms with Gasteiger partial charge in [-0.2, -0.15) is 5.26 Å². The second-order valence-corrected chi connectivity index (χ2v) is 12.0. The van der Waals surface area contributed by atoms with E-state index >= 15 is 0 Å². The van der Waals surface area contributed by atoms with Crippen molar-refractivity contribution in [2.45, 2.75) is 0 Å². The maximum Gasteiger partial charge on any atom is 0.137 e. The van der Waals surface area contributed by atoms with Gasteiger partial charge in [-0.05, 0) is 119 Å². The van der Waals surface area contributed by atoms with E-state index in [0.29, 0.717) is 5.56 Å². The topological polar surface area (TPSA) is 59.6 Å². The molecule has 0 amide bonds. The molecule has 2 heterocycles. The molecule has 0 saturated heterocycles. The molecule has 0 unspecified atom stereocenters. The summed E-state index contributed by atoms with van der Waals surface area (Å²) in [7, 11) is 3.31. The predicted octanol–water partition coefficient (Wildman–Crippen LogP) is 9.66. The first kappa shape index (κ1) is 31.0. The minimum atomic E-state index is 0.587. The Bertz CT molecular complexity index is 2750. The highest BCUT2D eigenvalue weighted by Crippen LogP contribution is 2.45.